The number of aryl methyl sites for hydroxylation is 1. The Labute approximate surface area is 136 Å². The number of carboxylic acids is 1. The zero-order chi connectivity index (χ0) is 17.3. The standard InChI is InChI=1S/C18H16O6/c1-2-10-7-12(23-6-5-19)9-14-16(20)13-8-11(18(21)22)3-4-15(13)24-17(10)14/h3-4,7-9,19H,2,5-6H2,1H3,(H,21,22). The van der Waals surface area contributed by atoms with Gasteiger partial charge in [-0.1, -0.05) is 6.92 Å². The lowest BCUT2D eigenvalue weighted by Gasteiger charge is -2.10. The molecule has 0 saturated carbocycles. The average molecular weight is 328 g/mol. The number of hydrogen-bond donors (Lipinski definition) is 2. The summed E-state index contributed by atoms with van der Waals surface area (Å²) < 4.78 is 11.3. The molecule has 0 fully saturated rings. The first-order valence-corrected chi connectivity index (χ1v) is 7.55. The van der Waals surface area contributed by atoms with E-state index in [0.717, 1.165) is 5.56 Å². The molecule has 0 aliphatic heterocycles. The maximum atomic E-state index is 12.8. The summed E-state index contributed by atoms with van der Waals surface area (Å²) in [4.78, 5) is 23.9. The van der Waals surface area contributed by atoms with Gasteiger partial charge in [-0.25, -0.2) is 4.79 Å². The molecule has 0 aliphatic rings. The molecular weight excluding hydrogens is 312 g/mol. The van der Waals surface area contributed by atoms with E-state index in [-0.39, 0.29) is 29.6 Å². The number of rotatable bonds is 5. The van der Waals surface area contributed by atoms with Gasteiger partial charge < -0.3 is 19.4 Å². The topological polar surface area (TPSA) is 97.0 Å². The van der Waals surface area contributed by atoms with E-state index in [4.69, 9.17) is 19.4 Å². The fourth-order valence-corrected chi connectivity index (χ4v) is 2.64. The zero-order valence-electron chi connectivity index (χ0n) is 13.0. The van der Waals surface area contributed by atoms with Gasteiger partial charge in [0.2, 0.25) is 5.43 Å². The molecule has 1 aromatic heterocycles. The highest BCUT2D eigenvalue weighted by molar-refractivity contribution is 5.96. The van der Waals surface area contributed by atoms with Crippen LogP contribution in [0.4, 0.5) is 0 Å². The normalized spacial score (nSPS) is 11.1. The highest BCUT2D eigenvalue weighted by atomic mass is 16.5. The van der Waals surface area contributed by atoms with Crippen molar-refractivity contribution in [3.63, 3.8) is 0 Å². The second kappa shape index (κ2) is 6.33. The third kappa shape index (κ3) is 2.72. The molecule has 24 heavy (non-hydrogen) atoms. The van der Waals surface area contributed by atoms with Crippen molar-refractivity contribution in [2.75, 3.05) is 13.2 Å². The molecule has 6 heteroatoms. The third-order valence-corrected chi connectivity index (χ3v) is 3.81. The number of aliphatic hydroxyl groups is 1. The summed E-state index contributed by atoms with van der Waals surface area (Å²) in [5, 5.41) is 18.5. The smallest absolute Gasteiger partial charge is 0.335 e. The Bertz CT molecular complexity index is 986. The van der Waals surface area contributed by atoms with Gasteiger partial charge in [-0.05, 0) is 42.3 Å². The van der Waals surface area contributed by atoms with Crippen molar-refractivity contribution >= 4 is 27.9 Å². The number of hydrogen-bond acceptors (Lipinski definition) is 5. The molecular formula is C18H16O6. The van der Waals surface area contributed by atoms with Gasteiger partial charge in [0.25, 0.3) is 0 Å². The van der Waals surface area contributed by atoms with E-state index in [1.165, 1.54) is 18.2 Å². The van der Waals surface area contributed by atoms with E-state index in [9.17, 15) is 9.59 Å². The third-order valence-electron chi connectivity index (χ3n) is 3.81. The van der Waals surface area contributed by atoms with Gasteiger partial charge in [-0.15, -0.1) is 0 Å². The van der Waals surface area contributed by atoms with Crippen molar-refractivity contribution in [1.29, 1.82) is 0 Å². The van der Waals surface area contributed by atoms with Crippen molar-refractivity contribution < 1.29 is 24.2 Å². The number of ether oxygens (including phenoxy) is 1. The Morgan fingerprint density at radius 2 is 2.00 bits per heavy atom. The van der Waals surface area contributed by atoms with Gasteiger partial charge in [-0.2, -0.15) is 0 Å². The van der Waals surface area contributed by atoms with Crippen molar-refractivity contribution in [2.45, 2.75) is 13.3 Å². The van der Waals surface area contributed by atoms with E-state index >= 15 is 0 Å². The molecule has 6 nitrogen and oxygen atoms in total. The fourth-order valence-electron chi connectivity index (χ4n) is 2.64. The highest BCUT2D eigenvalue weighted by Crippen LogP contribution is 2.27. The molecule has 0 amide bonds. The van der Waals surface area contributed by atoms with Crippen molar-refractivity contribution in [2.24, 2.45) is 0 Å². The van der Waals surface area contributed by atoms with Crippen LogP contribution in [0.3, 0.4) is 0 Å². The summed E-state index contributed by atoms with van der Waals surface area (Å²) in [7, 11) is 0. The van der Waals surface area contributed by atoms with Crippen molar-refractivity contribution in [3.05, 3.63) is 51.7 Å². The molecule has 0 spiro atoms. The lowest BCUT2D eigenvalue weighted by Crippen LogP contribution is -2.07. The predicted octanol–water partition coefficient (Wildman–Crippen LogP) is 2.58. The van der Waals surface area contributed by atoms with Crippen LogP contribution in [0.1, 0.15) is 22.8 Å². The summed E-state index contributed by atoms with van der Waals surface area (Å²) in [6, 6.07) is 7.55. The number of aromatic carboxylic acids is 1. The quantitative estimate of drug-likeness (QED) is 0.699. The van der Waals surface area contributed by atoms with Crippen LogP contribution in [0.2, 0.25) is 0 Å². The number of fused-ring (bicyclic) bond motifs is 2. The van der Waals surface area contributed by atoms with Gasteiger partial charge >= 0.3 is 5.97 Å². The molecule has 124 valence electrons. The molecule has 0 bridgehead atoms. The molecule has 0 atom stereocenters. The second-order valence-electron chi connectivity index (χ2n) is 5.33. The Balaban J connectivity index is 2.33. The monoisotopic (exact) mass is 328 g/mol. The Hall–Kier alpha value is -2.86. The van der Waals surface area contributed by atoms with Gasteiger partial charge in [0.05, 0.1) is 22.9 Å². The largest absolute Gasteiger partial charge is 0.491 e. The summed E-state index contributed by atoms with van der Waals surface area (Å²) in [6.07, 6.45) is 0.633. The van der Waals surface area contributed by atoms with E-state index in [1.54, 1.807) is 12.1 Å². The van der Waals surface area contributed by atoms with Crippen LogP contribution in [-0.2, 0) is 6.42 Å². The average Bonchev–Trinajstić information content (AvgIpc) is 2.59. The first-order valence-electron chi connectivity index (χ1n) is 7.55. The molecule has 3 aromatic rings. The number of carboxylic acid groups (broad SMARTS) is 1. The highest BCUT2D eigenvalue weighted by Gasteiger charge is 2.14. The maximum absolute atomic E-state index is 12.8. The van der Waals surface area contributed by atoms with Gasteiger partial charge in [0.15, 0.2) is 0 Å². The number of aliphatic hydroxyl groups excluding tert-OH is 1. The Morgan fingerprint density at radius 1 is 1.21 bits per heavy atom. The molecule has 3 rings (SSSR count). The van der Waals surface area contributed by atoms with Crippen LogP contribution in [0, 0.1) is 0 Å². The van der Waals surface area contributed by atoms with Crippen LogP contribution in [-0.4, -0.2) is 29.4 Å². The lowest BCUT2D eigenvalue weighted by molar-refractivity contribution is 0.0697. The van der Waals surface area contributed by atoms with Gasteiger partial charge in [0.1, 0.15) is 23.5 Å². The van der Waals surface area contributed by atoms with Crippen molar-refractivity contribution in [1.82, 2.24) is 0 Å². The molecule has 0 radical (unpaired) electrons. The second-order valence-corrected chi connectivity index (χ2v) is 5.33. The van der Waals surface area contributed by atoms with Crippen LogP contribution >= 0.6 is 0 Å². The van der Waals surface area contributed by atoms with Crippen LogP contribution in [0.5, 0.6) is 5.75 Å². The van der Waals surface area contributed by atoms with Gasteiger partial charge in [0, 0.05) is 0 Å². The predicted molar refractivity (Wildman–Crippen MR) is 88.9 cm³/mol. The number of carbonyl (C=O) groups is 1. The molecule has 0 saturated heterocycles. The molecule has 1 heterocycles. The zero-order valence-corrected chi connectivity index (χ0v) is 13.0. The number of benzene rings is 2. The Morgan fingerprint density at radius 3 is 2.67 bits per heavy atom. The maximum Gasteiger partial charge on any atom is 0.335 e. The molecule has 0 unspecified atom stereocenters. The first-order chi connectivity index (χ1) is 11.5. The SMILES string of the molecule is CCc1cc(OCCO)cc2c(=O)c3cc(C(=O)O)ccc3oc12. The van der Waals surface area contributed by atoms with Crippen LogP contribution in [0.25, 0.3) is 21.9 Å². The minimum absolute atomic E-state index is 0.0255. The molecule has 0 aliphatic carbocycles. The first kappa shape index (κ1) is 16.0. The lowest BCUT2D eigenvalue weighted by atomic mass is 10.0. The summed E-state index contributed by atoms with van der Waals surface area (Å²) in [6.45, 7) is 1.92. The van der Waals surface area contributed by atoms with Crippen LogP contribution < -0.4 is 10.2 Å². The van der Waals surface area contributed by atoms with E-state index in [2.05, 4.69) is 0 Å². The minimum atomic E-state index is -1.11. The Kier molecular flexibility index (Phi) is 4.22. The van der Waals surface area contributed by atoms with E-state index in [1.807, 2.05) is 6.92 Å². The summed E-state index contributed by atoms with van der Waals surface area (Å²) >= 11 is 0. The van der Waals surface area contributed by atoms with Crippen LogP contribution in [0.15, 0.2) is 39.5 Å². The van der Waals surface area contributed by atoms with E-state index in [0.29, 0.717) is 28.7 Å². The van der Waals surface area contributed by atoms with Crippen molar-refractivity contribution in [3.8, 4) is 5.75 Å². The minimum Gasteiger partial charge on any atom is -0.491 e. The molecule has 2 aromatic carbocycles. The fraction of sp³-hybridized carbons (Fsp3) is 0.222. The van der Waals surface area contributed by atoms with E-state index < -0.39 is 5.97 Å². The molecule has 2 N–H and O–H groups in total. The summed E-state index contributed by atoms with van der Waals surface area (Å²) in [5.74, 6) is -0.639. The summed E-state index contributed by atoms with van der Waals surface area (Å²) in [5.41, 5.74) is 1.34. The van der Waals surface area contributed by atoms with Gasteiger partial charge in [-0.3, -0.25) is 4.79 Å².